The lowest BCUT2D eigenvalue weighted by Crippen LogP contribution is -2.21. The molecule has 0 radical (unpaired) electrons. The van der Waals surface area contributed by atoms with E-state index in [4.69, 9.17) is 5.73 Å². The molecule has 2 N–H and O–H groups in total. The molecule has 0 amide bonds. The smallest absolute Gasteiger partial charge is 0.133 e. The molecule has 0 spiro atoms. The van der Waals surface area contributed by atoms with Gasteiger partial charge in [-0.15, -0.1) is 0 Å². The van der Waals surface area contributed by atoms with Gasteiger partial charge in [-0.2, -0.15) is 0 Å². The van der Waals surface area contributed by atoms with E-state index in [0.29, 0.717) is 0 Å². The molecule has 0 aliphatic rings. The normalized spacial score (nSPS) is 12.2. The largest absolute Gasteiger partial charge is 0.355 e. The number of rotatable bonds is 4. The summed E-state index contributed by atoms with van der Waals surface area (Å²) < 4.78 is 1.09. The van der Waals surface area contributed by atoms with Crippen LogP contribution >= 0.6 is 15.9 Å². The van der Waals surface area contributed by atoms with Crippen LogP contribution in [0.1, 0.15) is 24.1 Å². The second-order valence-corrected chi connectivity index (χ2v) is 5.60. The summed E-state index contributed by atoms with van der Waals surface area (Å²) in [5, 5.41) is 0. The predicted octanol–water partition coefficient (Wildman–Crippen LogP) is 3.50. The van der Waals surface area contributed by atoms with Crippen LogP contribution in [0.25, 0.3) is 0 Å². The van der Waals surface area contributed by atoms with Crippen molar-refractivity contribution in [3.05, 3.63) is 58.2 Å². The molecule has 0 fully saturated rings. The second-order valence-electron chi connectivity index (χ2n) is 4.69. The second kappa shape index (κ2) is 6.17. The van der Waals surface area contributed by atoms with E-state index < -0.39 is 0 Å². The predicted molar refractivity (Wildman–Crippen MR) is 83.1 cm³/mol. The molecule has 0 bridgehead atoms. The van der Waals surface area contributed by atoms with Gasteiger partial charge in [0.2, 0.25) is 0 Å². The molecule has 0 saturated carbocycles. The van der Waals surface area contributed by atoms with Crippen LogP contribution in [0.2, 0.25) is 0 Å². The van der Waals surface area contributed by atoms with Crippen molar-refractivity contribution >= 4 is 21.7 Å². The van der Waals surface area contributed by atoms with Crippen molar-refractivity contribution in [2.24, 2.45) is 5.73 Å². The van der Waals surface area contributed by atoms with E-state index in [-0.39, 0.29) is 6.04 Å². The Morgan fingerprint density at radius 1 is 1.26 bits per heavy atom. The Morgan fingerprint density at radius 3 is 2.58 bits per heavy atom. The number of hydrogen-bond donors (Lipinski definition) is 1. The first-order chi connectivity index (χ1) is 9.08. The molecule has 1 unspecified atom stereocenters. The van der Waals surface area contributed by atoms with Crippen LogP contribution in [-0.4, -0.2) is 12.0 Å². The number of benzene rings is 1. The maximum atomic E-state index is 5.99. The van der Waals surface area contributed by atoms with E-state index in [1.165, 1.54) is 5.56 Å². The third kappa shape index (κ3) is 3.55. The van der Waals surface area contributed by atoms with Gasteiger partial charge in [0, 0.05) is 35.9 Å². The molecule has 100 valence electrons. The Hall–Kier alpha value is -1.39. The van der Waals surface area contributed by atoms with Crippen molar-refractivity contribution < 1.29 is 0 Å². The highest BCUT2D eigenvalue weighted by molar-refractivity contribution is 9.10. The van der Waals surface area contributed by atoms with E-state index in [9.17, 15) is 0 Å². The van der Waals surface area contributed by atoms with Crippen molar-refractivity contribution in [1.82, 2.24) is 4.98 Å². The van der Waals surface area contributed by atoms with Crippen molar-refractivity contribution in [3.8, 4) is 0 Å². The SMILES string of the molecule is CC(N)c1cccnc1N(C)Cc1ccc(Br)cc1. The maximum absolute atomic E-state index is 5.99. The number of nitrogens with two attached hydrogens (primary N) is 1. The molecule has 19 heavy (non-hydrogen) atoms. The van der Waals surface area contributed by atoms with Crippen LogP contribution < -0.4 is 10.6 Å². The first kappa shape index (κ1) is 14.0. The van der Waals surface area contributed by atoms with Gasteiger partial charge in [0.25, 0.3) is 0 Å². The summed E-state index contributed by atoms with van der Waals surface area (Å²) in [7, 11) is 2.04. The van der Waals surface area contributed by atoms with Crippen molar-refractivity contribution in [1.29, 1.82) is 0 Å². The van der Waals surface area contributed by atoms with Gasteiger partial charge in [-0.1, -0.05) is 34.1 Å². The summed E-state index contributed by atoms with van der Waals surface area (Å²) in [5.41, 5.74) is 8.31. The molecule has 1 aromatic carbocycles. The third-order valence-corrected chi connectivity index (χ3v) is 3.53. The lowest BCUT2D eigenvalue weighted by atomic mass is 10.1. The molecule has 0 aliphatic heterocycles. The molecule has 2 aromatic rings. The molecule has 1 heterocycles. The zero-order valence-electron chi connectivity index (χ0n) is 11.2. The third-order valence-electron chi connectivity index (χ3n) is 3.00. The van der Waals surface area contributed by atoms with Crippen molar-refractivity contribution in [2.45, 2.75) is 19.5 Å². The van der Waals surface area contributed by atoms with Crippen LogP contribution in [-0.2, 0) is 6.54 Å². The Bertz CT molecular complexity index is 537. The van der Waals surface area contributed by atoms with Gasteiger partial charge in [-0.05, 0) is 30.7 Å². The Balaban J connectivity index is 2.20. The zero-order chi connectivity index (χ0) is 13.8. The maximum Gasteiger partial charge on any atom is 0.133 e. The van der Waals surface area contributed by atoms with Gasteiger partial charge in [-0.3, -0.25) is 0 Å². The summed E-state index contributed by atoms with van der Waals surface area (Å²) in [6.07, 6.45) is 1.80. The van der Waals surface area contributed by atoms with E-state index >= 15 is 0 Å². The van der Waals surface area contributed by atoms with E-state index in [2.05, 4.69) is 37.9 Å². The number of halogens is 1. The fourth-order valence-corrected chi connectivity index (χ4v) is 2.29. The average Bonchev–Trinajstić information content (AvgIpc) is 2.41. The fraction of sp³-hybridized carbons (Fsp3) is 0.267. The Kier molecular flexibility index (Phi) is 4.56. The van der Waals surface area contributed by atoms with E-state index in [0.717, 1.165) is 22.4 Å². The monoisotopic (exact) mass is 319 g/mol. The average molecular weight is 320 g/mol. The lowest BCUT2D eigenvalue weighted by Gasteiger charge is -2.22. The minimum absolute atomic E-state index is 0.0175. The first-order valence-corrected chi connectivity index (χ1v) is 7.03. The topological polar surface area (TPSA) is 42.1 Å². The highest BCUT2D eigenvalue weighted by Crippen LogP contribution is 2.23. The molecule has 1 aromatic heterocycles. The molecule has 3 nitrogen and oxygen atoms in total. The summed E-state index contributed by atoms with van der Waals surface area (Å²) in [6, 6.07) is 12.3. The van der Waals surface area contributed by atoms with Crippen molar-refractivity contribution in [3.63, 3.8) is 0 Å². The highest BCUT2D eigenvalue weighted by atomic mass is 79.9. The summed E-state index contributed by atoms with van der Waals surface area (Å²) in [5.74, 6) is 0.945. The molecule has 0 saturated heterocycles. The van der Waals surface area contributed by atoms with Crippen molar-refractivity contribution in [2.75, 3.05) is 11.9 Å². The molecule has 1 atom stereocenters. The number of hydrogen-bond acceptors (Lipinski definition) is 3. The quantitative estimate of drug-likeness (QED) is 0.937. The van der Waals surface area contributed by atoms with Gasteiger partial charge < -0.3 is 10.6 Å². The number of nitrogens with zero attached hydrogens (tertiary/aromatic N) is 2. The van der Waals surface area contributed by atoms with Crippen LogP contribution in [0.15, 0.2) is 47.1 Å². The molecular formula is C15H18BrN3. The number of aromatic nitrogens is 1. The zero-order valence-corrected chi connectivity index (χ0v) is 12.8. The van der Waals surface area contributed by atoms with Crippen LogP contribution in [0.5, 0.6) is 0 Å². The van der Waals surface area contributed by atoms with Crippen LogP contribution in [0.4, 0.5) is 5.82 Å². The number of anilines is 1. The van der Waals surface area contributed by atoms with Gasteiger partial charge in [0.05, 0.1) is 0 Å². The minimum atomic E-state index is -0.0175. The van der Waals surface area contributed by atoms with Gasteiger partial charge in [0.15, 0.2) is 0 Å². The van der Waals surface area contributed by atoms with Gasteiger partial charge >= 0.3 is 0 Å². The minimum Gasteiger partial charge on any atom is -0.355 e. The molecule has 4 heteroatoms. The Morgan fingerprint density at radius 2 is 1.95 bits per heavy atom. The van der Waals surface area contributed by atoms with Crippen LogP contribution in [0.3, 0.4) is 0 Å². The summed E-state index contributed by atoms with van der Waals surface area (Å²) >= 11 is 3.44. The first-order valence-electron chi connectivity index (χ1n) is 6.24. The Labute approximate surface area is 122 Å². The number of pyridine rings is 1. The molecular weight excluding hydrogens is 302 g/mol. The van der Waals surface area contributed by atoms with Gasteiger partial charge in [-0.25, -0.2) is 4.98 Å². The van der Waals surface area contributed by atoms with E-state index in [1.807, 2.05) is 38.2 Å². The summed E-state index contributed by atoms with van der Waals surface area (Å²) in [6.45, 7) is 2.79. The molecule has 0 aliphatic carbocycles. The van der Waals surface area contributed by atoms with E-state index in [1.54, 1.807) is 6.20 Å². The molecule has 2 rings (SSSR count). The standard InChI is InChI=1S/C15H18BrN3/c1-11(17)14-4-3-9-18-15(14)19(2)10-12-5-7-13(16)8-6-12/h3-9,11H,10,17H2,1-2H3. The van der Waals surface area contributed by atoms with Crippen LogP contribution in [0, 0.1) is 0 Å². The fourth-order valence-electron chi connectivity index (χ4n) is 2.02. The lowest BCUT2D eigenvalue weighted by molar-refractivity contribution is 0.788. The van der Waals surface area contributed by atoms with Gasteiger partial charge in [0.1, 0.15) is 5.82 Å². The summed E-state index contributed by atoms with van der Waals surface area (Å²) in [4.78, 5) is 6.58. The highest BCUT2D eigenvalue weighted by Gasteiger charge is 2.11.